The van der Waals surface area contributed by atoms with Crippen molar-refractivity contribution in [3.05, 3.63) is 0 Å². The molecule has 5 aliphatic carbocycles. The molecule has 5 heteroatoms. The van der Waals surface area contributed by atoms with Crippen LogP contribution in [-0.2, 0) is 0 Å². The summed E-state index contributed by atoms with van der Waals surface area (Å²) in [5.74, 6) is 3.12. The molecule has 202 valence electrons. The first kappa shape index (κ1) is 26.4. The van der Waals surface area contributed by atoms with Gasteiger partial charge in [0.05, 0.1) is 23.9 Å². The quantitative estimate of drug-likeness (QED) is 0.406. The number of aliphatic hydroxyl groups is 5. The second-order valence-corrected chi connectivity index (χ2v) is 15.2. The van der Waals surface area contributed by atoms with E-state index in [0.717, 1.165) is 19.3 Å². The molecule has 5 aliphatic rings. The lowest BCUT2D eigenvalue weighted by molar-refractivity contribution is -0.295. The highest BCUT2D eigenvalue weighted by molar-refractivity contribution is 5.20. The van der Waals surface area contributed by atoms with Gasteiger partial charge in [0.1, 0.15) is 5.60 Å². The fourth-order valence-corrected chi connectivity index (χ4v) is 11.0. The van der Waals surface area contributed by atoms with Crippen LogP contribution in [-0.4, -0.2) is 55.0 Å². The van der Waals surface area contributed by atoms with Crippen LogP contribution in [0, 0.1) is 57.7 Å². The Morgan fingerprint density at radius 1 is 0.829 bits per heavy atom. The molecule has 0 aromatic rings. The van der Waals surface area contributed by atoms with Crippen molar-refractivity contribution in [1.82, 2.24) is 0 Å². The average molecular weight is 493 g/mol. The van der Waals surface area contributed by atoms with Crippen LogP contribution in [0.1, 0.15) is 99.8 Å². The minimum atomic E-state index is -1.42. The molecule has 0 aromatic carbocycles. The summed E-state index contributed by atoms with van der Waals surface area (Å²) in [5, 5.41) is 55.3. The van der Waals surface area contributed by atoms with Gasteiger partial charge in [0, 0.05) is 11.8 Å². The number of aliphatic hydroxyl groups excluding tert-OH is 3. The lowest BCUT2D eigenvalue weighted by Gasteiger charge is -2.66. The zero-order chi connectivity index (χ0) is 25.9. The molecular weight excluding hydrogens is 440 g/mol. The van der Waals surface area contributed by atoms with Crippen molar-refractivity contribution in [3.8, 4) is 0 Å². The number of hydrogen-bond acceptors (Lipinski definition) is 5. The molecule has 0 bridgehead atoms. The lowest BCUT2D eigenvalue weighted by Crippen LogP contribution is -2.72. The highest BCUT2D eigenvalue weighted by Gasteiger charge is 2.71. The van der Waals surface area contributed by atoms with Crippen LogP contribution in [0.3, 0.4) is 0 Å². The summed E-state index contributed by atoms with van der Waals surface area (Å²) < 4.78 is 0. The summed E-state index contributed by atoms with van der Waals surface area (Å²) in [4.78, 5) is 0. The second-order valence-electron chi connectivity index (χ2n) is 15.2. The number of fused-ring (bicyclic) bond motifs is 5. The van der Waals surface area contributed by atoms with E-state index in [4.69, 9.17) is 0 Å². The molecule has 0 radical (unpaired) electrons. The highest BCUT2D eigenvalue weighted by Crippen LogP contribution is 2.72. The van der Waals surface area contributed by atoms with Gasteiger partial charge in [-0.05, 0) is 111 Å². The maximum absolute atomic E-state index is 11.7. The molecule has 3 unspecified atom stereocenters. The topological polar surface area (TPSA) is 101 Å². The van der Waals surface area contributed by atoms with Crippen LogP contribution in [0.25, 0.3) is 0 Å². The van der Waals surface area contributed by atoms with Crippen LogP contribution in [0.2, 0.25) is 0 Å². The first-order valence-corrected chi connectivity index (χ1v) is 14.5. The molecule has 5 fully saturated rings. The summed E-state index contributed by atoms with van der Waals surface area (Å²) >= 11 is 0. The summed E-state index contributed by atoms with van der Waals surface area (Å²) in [5.41, 5.74) is -2.46. The third kappa shape index (κ3) is 3.43. The molecule has 0 amide bonds. The van der Waals surface area contributed by atoms with Crippen molar-refractivity contribution >= 4 is 0 Å². The van der Waals surface area contributed by atoms with Crippen molar-refractivity contribution in [2.24, 2.45) is 57.7 Å². The molecule has 0 aromatic heterocycles. The maximum atomic E-state index is 11.7. The molecule has 5 N–H and O–H groups in total. The van der Waals surface area contributed by atoms with Crippen LogP contribution in [0.5, 0.6) is 0 Å². The zero-order valence-electron chi connectivity index (χ0n) is 23.2. The molecule has 5 rings (SSSR count). The van der Waals surface area contributed by atoms with Crippen molar-refractivity contribution in [1.29, 1.82) is 0 Å². The van der Waals surface area contributed by atoms with E-state index >= 15 is 0 Å². The molecule has 0 aliphatic heterocycles. The summed E-state index contributed by atoms with van der Waals surface area (Å²) in [6.07, 6.45) is 4.21. The van der Waals surface area contributed by atoms with Gasteiger partial charge in [-0.3, -0.25) is 0 Å². The van der Waals surface area contributed by atoms with Gasteiger partial charge in [0.25, 0.3) is 0 Å². The molecule has 0 heterocycles. The van der Waals surface area contributed by atoms with E-state index in [1.807, 2.05) is 20.8 Å². The Bertz CT molecular complexity index is 839. The van der Waals surface area contributed by atoms with Gasteiger partial charge in [-0.15, -0.1) is 0 Å². The predicted molar refractivity (Wildman–Crippen MR) is 136 cm³/mol. The molecule has 5 nitrogen and oxygen atoms in total. The van der Waals surface area contributed by atoms with E-state index in [2.05, 4.69) is 27.7 Å². The molecule has 0 saturated heterocycles. The normalized spacial score (nSPS) is 57.6. The minimum Gasteiger partial charge on any atom is -0.393 e. The maximum Gasteiger partial charge on any atom is 0.101 e. The fourth-order valence-electron chi connectivity index (χ4n) is 11.0. The molecule has 5 saturated carbocycles. The third-order valence-corrected chi connectivity index (χ3v) is 13.7. The first-order valence-electron chi connectivity index (χ1n) is 14.5. The Morgan fingerprint density at radius 2 is 1.49 bits per heavy atom. The summed E-state index contributed by atoms with van der Waals surface area (Å²) in [6, 6.07) is 0. The smallest absolute Gasteiger partial charge is 0.101 e. The van der Waals surface area contributed by atoms with Crippen LogP contribution < -0.4 is 0 Å². The second kappa shape index (κ2) is 7.91. The summed E-state index contributed by atoms with van der Waals surface area (Å²) in [6.45, 7) is 15.4. The first-order chi connectivity index (χ1) is 16.0. The average Bonchev–Trinajstić information content (AvgIpc) is 3.31. The van der Waals surface area contributed by atoms with Gasteiger partial charge >= 0.3 is 0 Å². The largest absolute Gasteiger partial charge is 0.393 e. The Kier molecular flexibility index (Phi) is 5.97. The van der Waals surface area contributed by atoms with Gasteiger partial charge in [-0.1, -0.05) is 34.6 Å². The molecular formula is C30H52O5. The van der Waals surface area contributed by atoms with Gasteiger partial charge in [-0.25, -0.2) is 0 Å². The van der Waals surface area contributed by atoms with Crippen molar-refractivity contribution < 1.29 is 25.5 Å². The van der Waals surface area contributed by atoms with Crippen molar-refractivity contribution in [2.45, 2.75) is 129 Å². The van der Waals surface area contributed by atoms with Crippen LogP contribution in [0.15, 0.2) is 0 Å². The molecule has 35 heavy (non-hydrogen) atoms. The van der Waals surface area contributed by atoms with E-state index in [0.29, 0.717) is 36.0 Å². The van der Waals surface area contributed by atoms with Crippen molar-refractivity contribution in [3.63, 3.8) is 0 Å². The summed E-state index contributed by atoms with van der Waals surface area (Å²) in [7, 11) is 0. The van der Waals surface area contributed by atoms with Gasteiger partial charge in [0.15, 0.2) is 0 Å². The SMILES string of the molecule is C[C@H]([C@H]1C[C@]1(C)[C@H](C)C(C)(C)O)[C@H]1CCC2C3C[C@@H](O)[C@@]4(O)C[C@@H](O)C[C@@H](O)[C@]4(C)C3CC[C@@]21C. The van der Waals surface area contributed by atoms with Crippen LogP contribution in [0.4, 0.5) is 0 Å². The van der Waals surface area contributed by atoms with E-state index in [1.165, 1.54) is 12.8 Å². The van der Waals surface area contributed by atoms with Crippen LogP contribution >= 0.6 is 0 Å². The van der Waals surface area contributed by atoms with Gasteiger partial charge < -0.3 is 25.5 Å². The standard InChI is InChI=1S/C30H52O5/c1-16(23-15-28(23,6)17(2)26(3,4)34)20-8-9-21-19-13-25(33)30(35)14-18(31)12-24(32)29(30,7)22(19)10-11-27(20,21)5/h16-25,31-35H,8-15H2,1-7H3/t16-,17+,18-,19?,20+,21?,22?,23+,24+,25+,27+,28+,29-,30-/m0/s1. The lowest BCUT2D eigenvalue weighted by atomic mass is 9.41. The van der Waals surface area contributed by atoms with E-state index in [9.17, 15) is 25.5 Å². The molecule has 14 atom stereocenters. The van der Waals surface area contributed by atoms with E-state index in [-0.39, 0.29) is 35.5 Å². The van der Waals surface area contributed by atoms with Gasteiger partial charge in [0.2, 0.25) is 0 Å². The Hall–Kier alpha value is -0.200. The Morgan fingerprint density at radius 3 is 2.11 bits per heavy atom. The van der Waals surface area contributed by atoms with E-state index in [1.54, 1.807) is 0 Å². The highest BCUT2D eigenvalue weighted by atomic mass is 16.4. The monoisotopic (exact) mass is 492 g/mol. The number of rotatable bonds is 4. The molecule has 0 spiro atoms. The Labute approximate surface area is 212 Å². The minimum absolute atomic E-state index is 0.159. The third-order valence-electron chi connectivity index (χ3n) is 13.7. The fraction of sp³-hybridized carbons (Fsp3) is 1.00. The Balaban J connectivity index is 1.39. The van der Waals surface area contributed by atoms with E-state index < -0.39 is 34.9 Å². The zero-order valence-corrected chi connectivity index (χ0v) is 23.2. The van der Waals surface area contributed by atoms with Crippen molar-refractivity contribution in [2.75, 3.05) is 0 Å². The predicted octanol–water partition coefficient (Wildman–Crippen LogP) is 4.13. The number of hydrogen-bond donors (Lipinski definition) is 5. The van der Waals surface area contributed by atoms with Gasteiger partial charge in [-0.2, -0.15) is 0 Å².